The van der Waals surface area contributed by atoms with E-state index in [0.29, 0.717) is 27.8 Å². The summed E-state index contributed by atoms with van der Waals surface area (Å²) in [5, 5.41) is 3.62. The second-order valence-corrected chi connectivity index (χ2v) is 8.10. The number of carbonyl (C=O) groups is 1. The van der Waals surface area contributed by atoms with Crippen molar-refractivity contribution in [1.29, 1.82) is 0 Å². The van der Waals surface area contributed by atoms with Gasteiger partial charge in [0.15, 0.2) is 4.77 Å². The number of hydrogen-bond acceptors (Lipinski definition) is 4. The Labute approximate surface area is 184 Å². The van der Waals surface area contributed by atoms with Gasteiger partial charge >= 0.3 is 0 Å². The summed E-state index contributed by atoms with van der Waals surface area (Å²) in [7, 11) is 0. The molecule has 0 aliphatic carbocycles. The lowest BCUT2D eigenvalue weighted by atomic mass is 9.98. The first-order valence-corrected chi connectivity index (χ1v) is 10.9. The van der Waals surface area contributed by atoms with Gasteiger partial charge < -0.3 is 15.3 Å². The van der Waals surface area contributed by atoms with E-state index in [2.05, 4.69) is 34.1 Å². The summed E-state index contributed by atoms with van der Waals surface area (Å²) in [4.78, 5) is 36.8. The molecule has 2 heterocycles. The fourth-order valence-corrected chi connectivity index (χ4v) is 4.07. The molecule has 2 aromatic heterocycles. The highest BCUT2D eigenvalue weighted by Gasteiger charge is 2.24. The molecule has 0 radical (unpaired) electrons. The van der Waals surface area contributed by atoms with Crippen molar-refractivity contribution in [2.24, 2.45) is 5.92 Å². The Kier molecular flexibility index (Phi) is 5.73. The number of carbonyl (C=O) groups excluding carboxylic acids is 1. The second-order valence-electron chi connectivity index (χ2n) is 7.72. The predicted molar refractivity (Wildman–Crippen MR) is 125 cm³/mol. The topological polar surface area (TPSA) is 95.6 Å². The van der Waals surface area contributed by atoms with Crippen molar-refractivity contribution in [3.8, 4) is 0 Å². The van der Waals surface area contributed by atoms with E-state index in [1.54, 1.807) is 18.2 Å². The van der Waals surface area contributed by atoms with Gasteiger partial charge in [-0.05, 0) is 55.4 Å². The molecule has 2 aromatic carbocycles. The van der Waals surface area contributed by atoms with Gasteiger partial charge in [-0.25, -0.2) is 4.98 Å². The van der Waals surface area contributed by atoms with Crippen LogP contribution in [0.15, 0.2) is 47.3 Å². The predicted octanol–water partition coefficient (Wildman–Crippen LogP) is 4.47. The van der Waals surface area contributed by atoms with E-state index in [1.165, 1.54) is 4.57 Å². The first-order chi connectivity index (χ1) is 14.9. The Hall–Kier alpha value is -3.26. The number of hydrogen-bond donors (Lipinski definition) is 3. The third-order valence-corrected chi connectivity index (χ3v) is 6.08. The van der Waals surface area contributed by atoms with Crippen LogP contribution in [0, 0.1) is 10.7 Å². The summed E-state index contributed by atoms with van der Waals surface area (Å²) in [6.07, 6.45) is 0.878. The average Bonchev–Trinajstić information content (AvgIpc) is 3.20. The third kappa shape index (κ3) is 3.90. The number of fused-ring (bicyclic) bond motifs is 2. The molecule has 0 saturated carbocycles. The molecule has 8 heteroatoms. The van der Waals surface area contributed by atoms with Gasteiger partial charge in [0, 0.05) is 12.1 Å². The molecule has 0 spiro atoms. The molecule has 4 aromatic rings. The minimum Gasteiger partial charge on any atom is -0.342 e. The Balaban J connectivity index is 1.69. The number of nitrogens with zero attached hydrogens (tertiary/aromatic N) is 2. The minimum absolute atomic E-state index is 0.159. The normalized spacial score (nSPS) is 13.4. The van der Waals surface area contributed by atoms with Crippen molar-refractivity contribution < 1.29 is 4.79 Å². The van der Waals surface area contributed by atoms with E-state index >= 15 is 0 Å². The van der Waals surface area contributed by atoms with Gasteiger partial charge in [0.2, 0.25) is 0 Å². The highest BCUT2D eigenvalue weighted by molar-refractivity contribution is 7.71. The molecule has 0 fully saturated rings. The van der Waals surface area contributed by atoms with Crippen LogP contribution in [-0.2, 0) is 6.54 Å². The van der Waals surface area contributed by atoms with Crippen molar-refractivity contribution >= 4 is 40.1 Å². The molecule has 31 heavy (non-hydrogen) atoms. The first kappa shape index (κ1) is 21.0. The Morgan fingerprint density at radius 1 is 1.16 bits per heavy atom. The zero-order valence-corrected chi connectivity index (χ0v) is 18.5. The monoisotopic (exact) mass is 435 g/mol. The van der Waals surface area contributed by atoms with E-state index in [-0.39, 0.29) is 23.4 Å². The number of aromatic amines is 2. The molecule has 160 valence electrons. The minimum atomic E-state index is -0.271. The fraction of sp³-hybridized carbons (Fsp3) is 0.304. The lowest BCUT2D eigenvalue weighted by Gasteiger charge is -2.22. The molecule has 0 saturated heterocycles. The molecule has 2 unspecified atom stereocenters. The van der Waals surface area contributed by atoms with Crippen molar-refractivity contribution in [2.45, 2.75) is 39.8 Å². The second kappa shape index (κ2) is 8.47. The van der Waals surface area contributed by atoms with Crippen LogP contribution in [0.1, 0.15) is 49.4 Å². The number of para-hydroxylation sites is 2. The number of nitrogens with one attached hydrogen (secondary N) is 3. The van der Waals surface area contributed by atoms with E-state index < -0.39 is 0 Å². The largest absolute Gasteiger partial charge is 0.342 e. The van der Waals surface area contributed by atoms with Crippen LogP contribution in [0.5, 0.6) is 0 Å². The van der Waals surface area contributed by atoms with E-state index in [0.717, 1.165) is 23.3 Å². The van der Waals surface area contributed by atoms with Crippen LogP contribution < -0.4 is 10.9 Å². The van der Waals surface area contributed by atoms with E-state index in [9.17, 15) is 9.59 Å². The van der Waals surface area contributed by atoms with E-state index in [4.69, 9.17) is 12.2 Å². The number of imidazole rings is 1. The lowest BCUT2D eigenvalue weighted by molar-refractivity contribution is 0.0920. The van der Waals surface area contributed by atoms with Crippen LogP contribution in [0.2, 0.25) is 0 Å². The summed E-state index contributed by atoms with van der Waals surface area (Å²) in [6, 6.07) is 12.5. The molecule has 3 N–H and O–H groups in total. The third-order valence-electron chi connectivity index (χ3n) is 5.76. The molecule has 0 aliphatic heterocycles. The number of rotatable bonds is 6. The first-order valence-electron chi connectivity index (χ1n) is 10.4. The smallest absolute Gasteiger partial charge is 0.262 e. The molecule has 4 rings (SSSR count). The van der Waals surface area contributed by atoms with Crippen LogP contribution >= 0.6 is 12.2 Å². The zero-order chi connectivity index (χ0) is 22.1. The molecule has 7 nitrogen and oxygen atoms in total. The summed E-state index contributed by atoms with van der Waals surface area (Å²) in [5.74, 6) is 0.675. The van der Waals surface area contributed by atoms with Crippen LogP contribution in [0.3, 0.4) is 0 Å². The Morgan fingerprint density at radius 3 is 2.65 bits per heavy atom. The number of amides is 1. The number of H-pyrrole nitrogens is 2. The number of aromatic nitrogens is 4. The van der Waals surface area contributed by atoms with Crippen molar-refractivity contribution in [3.05, 3.63) is 69.0 Å². The molecule has 0 bridgehead atoms. The van der Waals surface area contributed by atoms with Crippen LogP contribution in [0.25, 0.3) is 21.9 Å². The SMILES string of the molecule is CCC(C)C(NC(=O)c1ccc2c(=O)n(CC)c(=S)[nH]c2c1)c1nc2ccccc2[nH]1. The zero-order valence-electron chi connectivity index (χ0n) is 17.7. The quantitative estimate of drug-likeness (QED) is 0.389. The van der Waals surface area contributed by atoms with Gasteiger partial charge in [0.1, 0.15) is 5.82 Å². The highest BCUT2D eigenvalue weighted by atomic mass is 32.1. The molecule has 1 amide bonds. The molecular weight excluding hydrogens is 410 g/mol. The summed E-state index contributed by atoms with van der Waals surface area (Å²) < 4.78 is 1.84. The van der Waals surface area contributed by atoms with Crippen molar-refractivity contribution in [2.75, 3.05) is 0 Å². The van der Waals surface area contributed by atoms with Crippen molar-refractivity contribution in [3.63, 3.8) is 0 Å². The maximum atomic E-state index is 13.1. The van der Waals surface area contributed by atoms with Gasteiger partial charge in [-0.2, -0.15) is 0 Å². The van der Waals surface area contributed by atoms with Crippen LogP contribution in [0.4, 0.5) is 0 Å². The van der Waals surface area contributed by atoms with Gasteiger partial charge in [0.25, 0.3) is 11.5 Å². The standard InChI is InChI=1S/C23H25N5O2S/c1-4-13(3)19(20-24-16-8-6-7-9-17(16)25-20)27-21(29)14-10-11-15-18(12-14)26-23(31)28(5-2)22(15)30/h6-13,19H,4-5H2,1-3H3,(H,24,25)(H,26,31)(H,27,29). The number of benzene rings is 2. The Bertz CT molecular complexity index is 1350. The maximum absolute atomic E-state index is 13.1. The van der Waals surface area contributed by atoms with Gasteiger partial charge in [-0.15, -0.1) is 0 Å². The lowest BCUT2D eigenvalue weighted by Crippen LogP contribution is -2.33. The molecule has 0 aliphatic rings. The fourth-order valence-electron chi connectivity index (χ4n) is 3.74. The summed E-state index contributed by atoms with van der Waals surface area (Å²) in [5.41, 5.74) is 2.65. The van der Waals surface area contributed by atoms with Gasteiger partial charge in [-0.3, -0.25) is 14.2 Å². The average molecular weight is 436 g/mol. The highest BCUT2D eigenvalue weighted by Crippen LogP contribution is 2.25. The summed E-state index contributed by atoms with van der Waals surface area (Å²) >= 11 is 5.28. The summed E-state index contributed by atoms with van der Waals surface area (Å²) in [6.45, 7) is 6.52. The van der Waals surface area contributed by atoms with Crippen LogP contribution in [-0.4, -0.2) is 25.4 Å². The molecular formula is C23H25N5O2S. The maximum Gasteiger partial charge on any atom is 0.262 e. The van der Waals surface area contributed by atoms with Gasteiger partial charge in [-0.1, -0.05) is 32.4 Å². The van der Waals surface area contributed by atoms with Crippen molar-refractivity contribution in [1.82, 2.24) is 24.8 Å². The van der Waals surface area contributed by atoms with Gasteiger partial charge in [0.05, 0.1) is 28.0 Å². The molecule has 2 atom stereocenters. The Morgan fingerprint density at radius 2 is 1.94 bits per heavy atom. The van der Waals surface area contributed by atoms with E-state index in [1.807, 2.05) is 31.2 Å².